The lowest BCUT2D eigenvalue weighted by molar-refractivity contribution is 0.102. The molecule has 0 radical (unpaired) electrons. The number of aromatic nitrogens is 3. The summed E-state index contributed by atoms with van der Waals surface area (Å²) in [5.41, 5.74) is 1.45. The van der Waals surface area contributed by atoms with Crippen LogP contribution in [-0.2, 0) is 0 Å². The Bertz CT molecular complexity index is 839. The van der Waals surface area contributed by atoms with Crippen LogP contribution in [0, 0.1) is 0 Å². The van der Waals surface area contributed by atoms with Crippen molar-refractivity contribution < 1.29 is 4.79 Å². The molecule has 3 aromatic rings. The van der Waals surface area contributed by atoms with Gasteiger partial charge in [0, 0.05) is 15.6 Å². The van der Waals surface area contributed by atoms with Crippen molar-refractivity contribution in [3.8, 4) is 11.4 Å². The zero-order valence-electron chi connectivity index (χ0n) is 12.2. The van der Waals surface area contributed by atoms with Crippen LogP contribution in [-0.4, -0.2) is 26.7 Å². The SMILES string of the molecule is Br.O=C(CSc1n[nH]c(-c2ccccc2Cl)n1)c1ccc(Br)cc1. The Labute approximate surface area is 167 Å². The number of hydrogen-bond acceptors (Lipinski definition) is 4. The number of thioether (sulfide) groups is 1. The summed E-state index contributed by atoms with van der Waals surface area (Å²) >= 11 is 10.8. The molecule has 1 N–H and O–H groups in total. The lowest BCUT2D eigenvalue weighted by Gasteiger charge is -1.99. The van der Waals surface area contributed by atoms with E-state index in [0.29, 0.717) is 21.6 Å². The van der Waals surface area contributed by atoms with Crippen LogP contribution in [0.3, 0.4) is 0 Å². The molecule has 0 aliphatic heterocycles. The highest BCUT2D eigenvalue weighted by Gasteiger charge is 2.12. The monoisotopic (exact) mass is 487 g/mol. The van der Waals surface area contributed by atoms with Gasteiger partial charge in [0.05, 0.1) is 10.8 Å². The van der Waals surface area contributed by atoms with Gasteiger partial charge in [0.15, 0.2) is 11.6 Å². The molecule has 3 rings (SSSR count). The number of hydrogen-bond donors (Lipinski definition) is 1. The fourth-order valence-corrected chi connectivity index (χ4v) is 3.12. The number of nitrogens with one attached hydrogen (secondary N) is 1. The number of aromatic amines is 1. The van der Waals surface area contributed by atoms with Crippen LogP contribution in [0.5, 0.6) is 0 Å². The summed E-state index contributed by atoms with van der Waals surface area (Å²) in [7, 11) is 0. The first kappa shape index (κ1) is 19.2. The fraction of sp³-hybridized carbons (Fsp3) is 0.0625. The number of benzene rings is 2. The molecule has 24 heavy (non-hydrogen) atoms. The van der Waals surface area contributed by atoms with Gasteiger partial charge in [-0.15, -0.1) is 22.1 Å². The second-order valence-electron chi connectivity index (χ2n) is 4.67. The summed E-state index contributed by atoms with van der Waals surface area (Å²) in [5.74, 6) is 0.905. The van der Waals surface area contributed by atoms with Gasteiger partial charge >= 0.3 is 0 Å². The third kappa shape index (κ3) is 4.69. The molecule has 124 valence electrons. The predicted octanol–water partition coefficient (Wildman–Crippen LogP) is 5.44. The first-order chi connectivity index (χ1) is 11.1. The van der Waals surface area contributed by atoms with Gasteiger partial charge < -0.3 is 0 Å². The molecule has 2 aromatic carbocycles. The first-order valence-corrected chi connectivity index (χ1v) is 8.88. The van der Waals surface area contributed by atoms with Crippen molar-refractivity contribution in [1.82, 2.24) is 15.2 Å². The maximum atomic E-state index is 12.1. The molecule has 0 saturated carbocycles. The zero-order chi connectivity index (χ0) is 16.2. The van der Waals surface area contributed by atoms with Crippen LogP contribution >= 0.6 is 56.3 Å². The van der Waals surface area contributed by atoms with E-state index in [0.717, 1.165) is 10.0 Å². The number of nitrogens with zero attached hydrogens (tertiary/aromatic N) is 2. The minimum atomic E-state index is 0. The molecule has 0 aliphatic carbocycles. The smallest absolute Gasteiger partial charge is 0.209 e. The minimum Gasteiger partial charge on any atom is -0.293 e. The Hall–Kier alpha value is -1.15. The van der Waals surface area contributed by atoms with Gasteiger partial charge in [-0.25, -0.2) is 4.98 Å². The van der Waals surface area contributed by atoms with E-state index in [1.165, 1.54) is 11.8 Å². The van der Waals surface area contributed by atoms with Gasteiger partial charge in [-0.05, 0) is 24.3 Å². The van der Waals surface area contributed by atoms with Crippen LogP contribution in [0.15, 0.2) is 58.2 Å². The van der Waals surface area contributed by atoms with E-state index in [1.807, 2.05) is 30.3 Å². The van der Waals surface area contributed by atoms with Crippen LogP contribution in [0.25, 0.3) is 11.4 Å². The molecule has 0 unspecified atom stereocenters. The standard InChI is InChI=1S/C16H11BrClN3OS.BrH/c17-11-7-5-10(6-8-11)14(22)9-23-16-19-15(20-21-16)12-3-1-2-4-13(12)18;/h1-8H,9H2,(H,19,20,21);1H. The lowest BCUT2D eigenvalue weighted by atomic mass is 10.2. The number of Topliss-reactive ketones (excluding diaryl/α,β-unsaturated/α-hetero) is 1. The van der Waals surface area contributed by atoms with Gasteiger partial charge in [-0.2, -0.15) is 0 Å². The molecule has 1 aromatic heterocycles. The van der Waals surface area contributed by atoms with Crippen LogP contribution in [0.4, 0.5) is 0 Å². The molecule has 0 bridgehead atoms. The van der Waals surface area contributed by atoms with Crippen molar-refractivity contribution in [1.29, 1.82) is 0 Å². The normalized spacial score (nSPS) is 10.2. The van der Waals surface area contributed by atoms with Crippen LogP contribution in [0.1, 0.15) is 10.4 Å². The van der Waals surface area contributed by atoms with Gasteiger partial charge in [0.25, 0.3) is 0 Å². The van der Waals surface area contributed by atoms with Crippen LogP contribution in [0.2, 0.25) is 5.02 Å². The molecule has 4 nitrogen and oxygen atoms in total. The highest BCUT2D eigenvalue weighted by molar-refractivity contribution is 9.10. The Morgan fingerprint density at radius 1 is 1.17 bits per heavy atom. The van der Waals surface area contributed by atoms with Gasteiger partial charge in [0.2, 0.25) is 5.16 Å². The third-order valence-corrected chi connectivity index (χ3v) is 4.80. The van der Waals surface area contributed by atoms with Crippen molar-refractivity contribution in [2.45, 2.75) is 5.16 Å². The number of carbonyl (C=O) groups excluding carboxylic acids is 1. The maximum Gasteiger partial charge on any atom is 0.209 e. The highest BCUT2D eigenvalue weighted by Crippen LogP contribution is 2.26. The molecule has 1 heterocycles. The summed E-state index contributed by atoms with van der Waals surface area (Å²) < 4.78 is 0.944. The number of rotatable bonds is 5. The average Bonchev–Trinajstić information content (AvgIpc) is 3.02. The van der Waals surface area contributed by atoms with E-state index in [9.17, 15) is 4.79 Å². The van der Waals surface area contributed by atoms with E-state index in [4.69, 9.17) is 11.6 Å². The van der Waals surface area contributed by atoms with Crippen molar-refractivity contribution >= 4 is 62.1 Å². The maximum absolute atomic E-state index is 12.1. The third-order valence-electron chi connectivity index (χ3n) is 3.09. The molecule has 0 aliphatic rings. The van der Waals surface area contributed by atoms with E-state index in [1.54, 1.807) is 18.2 Å². The Morgan fingerprint density at radius 3 is 2.58 bits per heavy atom. The summed E-state index contributed by atoms with van der Waals surface area (Å²) in [6.45, 7) is 0. The number of carbonyl (C=O) groups is 1. The molecule has 8 heteroatoms. The summed E-state index contributed by atoms with van der Waals surface area (Å²) in [6.07, 6.45) is 0. The second-order valence-corrected chi connectivity index (χ2v) is 6.93. The quantitative estimate of drug-likeness (QED) is 0.383. The predicted molar refractivity (Wildman–Crippen MR) is 106 cm³/mol. The highest BCUT2D eigenvalue weighted by atomic mass is 79.9. The largest absolute Gasteiger partial charge is 0.293 e. The van der Waals surface area contributed by atoms with E-state index in [2.05, 4.69) is 31.1 Å². The second kappa shape index (κ2) is 8.80. The fourth-order valence-electron chi connectivity index (χ4n) is 1.93. The molecular weight excluding hydrogens is 478 g/mol. The topological polar surface area (TPSA) is 58.6 Å². The van der Waals surface area contributed by atoms with E-state index < -0.39 is 0 Å². The Balaban J connectivity index is 0.00000208. The Morgan fingerprint density at radius 2 is 1.88 bits per heavy atom. The van der Waals surface area contributed by atoms with Gasteiger partial charge in [-0.3, -0.25) is 9.89 Å². The van der Waals surface area contributed by atoms with Crippen molar-refractivity contribution in [3.05, 3.63) is 63.6 Å². The van der Waals surface area contributed by atoms with E-state index >= 15 is 0 Å². The molecule has 0 fully saturated rings. The molecule has 0 amide bonds. The average molecular weight is 490 g/mol. The zero-order valence-corrected chi connectivity index (χ0v) is 17.1. The summed E-state index contributed by atoms with van der Waals surface area (Å²) in [4.78, 5) is 16.5. The Kier molecular flexibility index (Phi) is 7.03. The molecule has 0 spiro atoms. The number of ketones is 1. The summed E-state index contributed by atoms with van der Waals surface area (Å²) in [6, 6.07) is 14.7. The van der Waals surface area contributed by atoms with Crippen molar-refractivity contribution in [2.24, 2.45) is 0 Å². The number of halogens is 3. The first-order valence-electron chi connectivity index (χ1n) is 6.72. The lowest BCUT2D eigenvalue weighted by Crippen LogP contribution is -2.02. The minimum absolute atomic E-state index is 0. The van der Waals surface area contributed by atoms with E-state index in [-0.39, 0.29) is 28.5 Å². The van der Waals surface area contributed by atoms with Crippen molar-refractivity contribution in [3.63, 3.8) is 0 Å². The van der Waals surface area contributed by atoms with Gasteiger partial charge in [0.1, 0.15) is 0 Å². The molecule has 0 atom stereocenters. The molecular formula is C16H12Br2ClN3OS. The van der Waals surface area contributed by atoms with Crippen LogP contribution < -0.4 is 0 Å². The van der Waals surface area contributed by atoms with Gasteiger partial charge in [-0.1, -0.05) is 63.6 Å². The number of H-pyrrole nitrogens is 1. The molecule has 0 saturated heterocycles. The summed E-state index contributed by atoms with van der Waals surface area (Å²) in [5, 5.41) is 8.09. The van der Waals surface area contributed by atoms with Crippen molar-refractivity contribution in [2.75, 3.05) is 5.75 Å².